The number of hydrogen-bond donors (Lipinski definition) is 1. The van der Waals surface area contributed by atoms with Gasteiger partial charge in [-0.25, -0.2) is 0 Å². The van der Waals surface area contributed by atoms with Gasteiger partial charge in [-0.05, 0) is 26.7 Å². The van der Waals surface area contributed by atoms with Crippen LogP contribution < -0.4 is 0 Å². The van der Waals surface area contributed by atoms with Crippen LogP contribution in [0.3, 0.4) is 0 Å². The van der Waals surface area contributed by atoms with Crippen LogP contribution in [0.25, 0.3) is 0 Å². The maximum atomic E-state index is 11.1. The Balaban J connectivity index is 1.85. The lowest BCUT2D eigenvalue weighted by molar-refractivity contribution is -0.151. The van der Waals surface area contributed by atoms with Crippen molar-refractivity contribution in [2.75, 3.05) is 0 Å². The molecule has 1 spiro atoms. The Morgan fingerprint density at radius 3 is 2.33 bits per heavy atom. The van der Waals surface area contributed by atoms with Crippen molar-refractivity contribution in [3.05, 3.63) is 0 Å². The van der Waals surface area contributed by atoms with Crippen molar-refractivity contribution in [1.29, 1.82) is 0 Å². The van der Waals surface area contributed by atoms with Gasteiger partial charge in [0.05, 0.1) is 11.0 Å². The molecule has 1 N–H and O–H groups in total. The summed E-state index contributed by atoms with van der Waals surface area (Å²) in [4.78, 5) is -0.315. The first kappa shape index (κ1) is 15.6. The molecule has 21 heavy (non-hydrogen) atoms. The Labute approximate surface area is 147 Å². The van der Waals surface area contributed by atoms with Crippen molar-refractivity contribution in [2.45, 2.75) is 78.7 Å². The van der Waals surface area contributed by atoms with Gasteiger partial charge in [-0.3, -0.25) is 0 Å². The zero-order valence-electron chi connectivity index (χ0n) is 12.6. The quantitative estimate of drug-likeness (QED) is 0.459. The molecule has 0 amide bonds. The van der Waals surface area contributed by atoms with Crippen LogP contribution in [-0.4, -0.2) is 43.2 Å². The first-order valence-electron chi connectivity index (χ1n) is 7.50. The fourth-order valence-electron chi connectivity index (χ4n) is 5.29. The van der Waals surface area contributed by atoms with Gasteiger partial charge in [0.2, 0.25) is 0 Å². The Kier molecular flexibility index (Phi) is 2.87. The number of halogens is 3. The summed E-state index contributed by atoms with van der Waals surface area (Å²) in [6.07, 6.45) is 0.969. The molecule has 2 saturated carbocycles. The normalized spacial score (nSPS) is 67.4. The fraction of sp³-hybridized carbons (Fsp3) is 1.00. The monoisotopic (exact) mass is 442 g/mol. The lowest BCUT2D eigenvalue weighted by atomic mass is 9.46. The number of epoxide rings is 2. The highest BCUT2D eigenvalue weighted by Crippen LogP contribution is 2.80. The van der Waals surface area contributed by atoms with Crippen LogP contribution in [0.1, 0.15) is 40.5 Å². The zero-order chi connectivity index (χ0) is 15.6. The number of alkyl halides is 3. The molecule has 2 saturated heterocycles. The lowest BCUT2D eigenvalue weighted by Crippen LogP contribution is -2.68. The molecule has 120 valence electrons. The van der Waals surface area contributed by atoms with Crippen LogP contribution in [0.15, 0.2) is 0 Å². The molecule has 0 radical (unpaired) electrons. The van der Waals surface area contributed by atoms with Crippen LogP contribution in [0.2, 0.25) is 0 Å². The third-order valence-corrected chi connectivity index (χ3v) is 10.6. The number of ether oxygens (including phenoxy) is 2. The van der Waals surface area contributed by atoms with Gasteiger partial charge in [-0.1, -0.05) is 45.7 Å². The van der Waals surface area contributed by atoms with Crippen molar-refractivity contribution in [3.63, 3.8) is 0 Å². The van der Waals surface area contributed by atoms with Gasteiger partial charge in [0.25, 0.3) is 0 Å². The first-order chi connectivity index (χ1) is 9.44. The Morgan fingerprint density at radius 2 is 1.71 bits per heavy atom. The van der Waals surface area contributed by atoms with E-state index in [9.17, 15) is 5.11 Å². The number of fused-ring (bicyclic) bond motifs is 4. The molecule has 2 heterocycles. The largest absolute Gasteiger partial charge is 0.392 e. The van der Waals surface area contributed by atoms with Gasteiger partial charge < -0.3 is 14.6 Å². The van der Waals surface area contributed by atoms with Gasteiger partial charge in [-0.2, -0.15) is 0 Å². The van der Waals surface area contributed by atoms with Crippen LogP contribution in [0.4, 0.5) is 0 Å². The van der Waals surface area contributed by atoms with Gasteiger partial charge in [0.1, 0.15) is 17.8 Å². The minimum Gasteiger partial charge on any atom is -0.392 e. The molecule has 4 rings (SSSR count). The summed E-state index contributed by atoms with van der Waals surface area (Å²) >= 11 is 14.2. The molecular formula is C15H21Br2ClO3. The molecule has 0 aromatic rings. The van der Waals surface area contributed by atoms with E-state index >= 15 is 0 Å². The van der Waals surface area contributed by atoms with E-state index in [4.69, 9.17) is 21.1 Å². The summed E-state index contributed by atoms with van der Waals surface area (Å²) in [5.41, 5.74) is -0.983. The molecule has 3 nitrogen and oxygen atoms in total. The number of aliphatic hydroxyl groups is 1. The molecule has 4 fully saturated rings. The van der Waals surface area contributed by atoms with E-state index in [1.165, 1.54) is 0 Å². The number of hydrogen-bond acceptors (Lipinski definition) is 3. The highest BCUT2D eigenvalue weighted by atomic mass is 79.9. The van der Waals surface area contributed by atoms with Crippen molar-refractivity contribution < 1.29 is 14.6 Å². The summed E-state index contributed by atoms with van der Waals surface area (Å²) in [6.45, 7) is 8.50. The van der Waals surface area contributed by atoms with Gasteiger partial charge >= 0.3 is 0 Å². The van der Waals surface area contributed by atoms with E-state index in [-0.39, 0.29) is 33.5 Å². The van der Waals surface area contributed by atoms with Crippen LogP contribution in [0, 0.1) is 10.8 Å². The van der Waals surface area contributed by atoms with Crippen LogP contribution in [0.5, 0.6) is 0 Å². The highest BCUT2D eigenvalue weighted by molar-refractivity contribution is 9.10. The molecule has 0 aromatic carbocycles. The summed E-state index contributed by atoms with van der Waals surface area (Å²) in [5.74, 6) is 0. The van der Waals surface area contributed by atoms with Gasteiger partial charge in [-0.15, -0.1) is 11.6 Å². The molecule has 2 aliphatic heterocycles. The lowest BCUT2D eigenvalue weighted by Gasteiger charge is -2.60. The maximum Gasteiger partial charge on any atom is 0.157 e. The molecular weight excluding hydrogens is 423 g/mol. The second-order valence-corrected chi connectivity index (χ2v) is 11.2. The third kappa shape index (κ3) is 1.49. The zero-order valence-corrected chi connectivity index (χ0v) is 16.5. The fourth-order valence-corrected chi connectivity index (χ4v) is 7.01. The molecule has 4 aliphatic rings. The second-order valence-electron chi connectivity index (χ2n) is 8.09. The molecule has 8 atom stereocenters. The van der Waals surface area contributed by atoms with Crippen LogP contribution in [-0.2, 0) is 9.47 Å². The summed E-state index contributed by atoms with van der Waals surface area (Å²) in [6, 6.07) is 0. The third-order valence-electron chi connectivity index (χ3n) is 6.91. The minimum absolute atomic E-state index is 0.0685. The molecule has 6 heteroatoms. The van der Waals surface area contributed by atoms with Crippen molar-refractivity contribution >= 4 is 43.5 Å². The van der Waals surface area contributed by atoms with Crippen molar-refractivity contribution in [3.8, 4) is 0 Å². The smallest absolute Gasteiger partial charge is 0.157 e. The van der Waals surface area contributed by atoms with E-state index in [2.05, 4.69) is 52.6 Å². The molecule has 2 aliphatic carbocycles. The Bertz CT molecular complexity index is 527. The summed E-state index contributed by atoms with van der Waals surface area (Å²) < 4.78 is 11.7. The topological polar surface area (TPSA) is 45.3 Å². The van der Waals surface area contributed by atoms with E-state index in [0.29, 0.717) is 6.42 Å². The van der Waals surface area contributed by atoms with Gasteiger partial charge in [0.15, 0.2) is 4.51 Å². The average Bonchev–Trinajstić information content (AvgIpc) is 3.19. The average molecular weight is 445 g/mol. The van der Waals surface area contributed by atoms with E-state index in [1.807, 2.05) is 6.92 Å². The Morgan fingerprint density at radius 1 is 1.10 bits per heavy atom. The highest BCUT2D eigenvalue weighted by Gasteiger charge is 2.90. The second kappa shape index (κ2) is 3.85. The van der Waals surface area contributed by atoms with Crippen molar-refractivity contribution in [2.24, 2.45) is 10.8 Å². The maximum absolute atomic E-state index is 11.1. The first-order valence-corrected chi connectivity index (χ1v) is 9.58. The SMILES string of the molecule is CC1(C)[C@@]2(C[C@H](Br)[C@@](C)(Cl)C[C@@H]2O)[C@]2(C)O[C@@H]2[C@H]2O[C@]21Br. The standard InChI is InChI=1S/C15H21Br2ClO3/c1-11(2)14(5-7(16)12(3,18)6-8(14)19)13(4)9(20-13)10-15(11,17)21-10/h7-10,19H,5-6H2,1-4H3/t7-,8-,9+,10+,12-,13+,14-,15+/m0/s1. The molecule has 0 bridgehead atoms. The predicted molar refractivity (Wildman–Crippen MR) is 88.2 cm³/mol. The molecule has 0 unspecified atom stereocenters. The van der Waals surface area contributed by atoms with E-state index in [1.54, 1.807) is 0 Å². The summed E-state index contributed by atoms with van der Waals surface area (Å²) in [7, 11) is 0. The Hall–Kier alpha value is 1.13. The number of aliphatic hydroxyl groups excluding tert-OH is 1. The minimum atomic E-state index is -0.515. The predicted octanol–water partition coefficient (Wildman–Crippen LogP) is 3.58. The van der Waals surface area contributed by atoms with Crippen LogP contribution >= 0.6 is 43.5 Å². The number of rotatable bonds is 0. The molecule has 0 aromatic heterocycles. The van der Waals surface area contributed by atoms with Crippen molar-refractivity contribution in [1.82, 2.24) is 0 Å². The summed E-state index contributed by atoms with van der Waals surface area (Å²) in [5, 5.41) is 11.1. The van der Waals surface area contributed by atoms with E-state index < -0.39 is 15.5 Å². The van der Waals surface area contributed by atoms with E-state index in [0.717, 1.165) is 6.42 Å². The van der Waals surface area contributed by atoms with Gasteiger partial charge in [0, 0.05) is 15.7 Å².